The van der Waals surface area contributed by atoms with Gasteiger partial charge in [-0.05, 0) is 42.7 Å². The Bertz CT molecular complexity index is 1630. The predicted octanol–water partition coefficient (Wildman–Crippen LogP) is 4.60. The molecule has 0 fully saturated rings. The summed E-state index contributed by atoms with van der Waals surface area (Å²) in [6, 6.07) is 14.7. The van der Waals surface area contributed by atoms with Crippen molar-refractivity contribution in [3.8, 4) is 23.3 Å². The van der Waals surface area contributed by atoms with Gasteiger partial charge in [-0.15, -0.1) is 10.2 Å². The zero-order valence-electron chi connectivity index (χ0n) is 23.2. The summed E-state index contributed by atoms with van der Waals surface area (Å²) in [6.45, 7) is 0. The van der Waals surface area contributed by atoms with Gasteiger partial charge in [-0.2, -0.15) is 5.26 Å². The van der Waals surface area contributed by atoms with E-state index >= 15 is 0 Å². The van der Waals surface area contributed by atoms with Crippen molar-refractivity contribution in [3.63, 3.8) is 0 Å². The van der Waals surface area contributed by atoms with Crippen LogP contribution in [-0.2, 0) is 9.59 Å². The van der Waals surface area contributed by atoms with Crippen LogP contribution >= 0.6 is 23.1 Å². The smallest absolute Gasteiger partial charge is 0.234 e. The first-order valence-electron chi connectivity index (χ1n) is 13.0. The Balaban J connectivity index is 1.38. The van der Waals surface area contributed by atoms with Gasteiger partial charge < -0.3 is 25.3 Å². The third-order valence-electron chi connectivity index (χ3n) is 6.96. The Kier molecular flexibility index (Phi) is 8.65. The summed E-state index contributed by atoms with van der Waals surface area (Å²) in [5.41, 5.74) is 9.47. The van der Waals surface area contributed by atoms with Crippen molar-refractivity contribution in [1.82, 2.24) is 10.2 Å². The largest absolute Gasteiger partial charge is 0.497 e. The fourth-order valence-electron chi connectivity index (χ4n) is 5.00. The lowest BCUT2D eigenvalue weighted by Crippen LogP contribution is -2.38. The van der Waals surface area contributed by atoms with Gasteiger partial charge in [-0.1, -0.05) is 35.2 Å². The van der Waals surface area contributed by atoms with Gasteiger partial charge in [-0.3, -0.25) is 14.5 Å². The van der Waals surface area contributed by atoms with E-state index in [9.17, 15) is 14.9 Å². The van der Waals surface area contributed by atoms with E-state index in [1.807, 2.05) is 12.1 Å². The topological polar surface area (TPSA) is 153 Å². The summed E-state index contributed by atoms with van der Waals surface area (Å²) in [5.74, 6) is 1.19. The number of nitrogens with one attached hydrogen (secondary N) is 1. The summed E-state index contributed by atoms with van der Waals surface area (Å²) in [6.07, 6.45) is 1.65. The van der Waals surface area contributed by atoms with Crippen molar-refractivity contribution >= 4 is 45.6 Å². The number of nitrogens with two attached hydrogens (primary N) is 1. The average molecular weight is 605 g/mol. The Hall–Kier alpha value is -4.54. The molecular weight excluding hydrogens is 576 g/mol. The van der Waals surface area contributed by atoms with E-state index in [0.717, 1.165) is 11.3 Å². The fourth-order valence-corrected chi connectivity index (χ4v) is 6.68. The number of carbonyl (C=O) groups excluding carboxylic acids is 2. The highest BCUT2D eigenvalue weighted by molar-refractivity contribution is 8.01. The van der Waals surface area contributed by atoms with Gasteiger partial charge in [0.05, 0.1) is 50.3 Å². The molecule has 0 radical (unpaired) electrons. The monoisotopic (exact) mass is 604 g/mol. The minimum absolute atomic E-state index is 0.0212. The number of ether oxygens (including phenoxy) is 3. The first-order chi connectivity index (χ1) is 20.4. The normalized spacial score (nSPS) is 16.6. The van der Waals surface area contributed by atoms with Crippen LogP contribution in [0.3, 0.4) is 0 Å². The Morgan fingerprint density at radius 3 is 2.55 bits per heavy atom. The standard InChI is InChI=1S/C29H28N6O5S2/c1-38-17-9-7-16(8-10-17)25-19(14-30)27(31)35(21-5-4-6-22(36)26(21)25)28-33-34-29(42-28)41-15-24(37)32-20-12-11-18(39-2)13-23(20)40-3/h7-13,25H,4-6,15,31H2,1-3H3,(H,32,37). The van der Waals surface area contributed by atoms with Gasteiger partial charge in [-0.25, -0.2) is 0 Å². The molecule has 5 rings (SSSR count). The van der Waals surface area contributed by atoms with Crippen LogP contribution in [0, 0.1) is 11.3 Å². The number of methoxy groups -OCH3 is 3. The van der Waals surface area contributed by atoms with Gasteiger partial charge in [0.15, 0.2) is 10.1 Å². The first-order valence-corrected chi connectivity index (χ1v) is 14.8. The molecule has 1 unspecified atom stereocenters. The Labute approximate surface area is 251 Å². The quantitative estimate of drug-likeness (QED) is 0.330. The van der Waals surface area contributed by atoms with Crippen LogP contribution in [0.1, 0.15) is 30.7 Å². The molecule has 1 aromatic heterocycles. The molecule has 1 aliphatic heterocycles. The Morgan fingerprint density at radius 1 is 1.12 bits per heavy atom. The lowest BCUT2D eigenvalue weighted by molar-refractivity contribution is -0.116. The van der Waals surface area contributed by atoms with Gasteiger partial charge in [0.25, 0.3) is 0 Å². The summed E-state index contributed by atoms with van der Waals surface area (Å²) in [4.78, 5) is 27.7. The molecule has 216 valence electrons. The van der Waals surface area contributed by atoms with E-state index in [1.165, 1.54) is 30.2 Å². The van der Waals surface area contributed by atoms with Gasteiger partial charge >= 0.3 is 0 Å². The lowest BCUT2D eigenvalue weighted by Gasteiger charge is -2.38. The molecule has 0 saturated carbocycles. The number of rotatable bonds is 9. The minimum Gasteiger partial charge on any atom is -0.497 e. The maximum atomic E-state index is 13.3. The zero-order valence-corrected chi connectivity index (χ0v) is 24.8. The predicted molar refractivity (Wildman–Crippen MR) is 160 cm³/mol. The number of aromatic nitrogens is 2. The Morgan fingerprint density at radius 2 is 1.86 bits per heavy atom. The third-order valence-corrected chi connectivity index (χ3v) is 9.00. The molecule has 2 aliphatic rings. The number of nitrogens with zero attached hydrogens (tertiary/aromatic N) is 4. The molecule has 1 aliphatic carbocycles. The lowest BCUT2D eigenvalue weighted by atomic mass is 9.76. The number of hydrogen-bond acceptors (Lipinski definition) is 12. The highest BCUT2D eigenvalue weighted by Gasteiger charge is 2.41. The summed E-state index contributed by atoms with van der Waals surface area (Å²) < 4.78 is 16.4. The second-order valence-electron chi connectivity index (χ2n) is 9.34. The van der Waals surface area contributed by atoms with Gasteiger partial charge in [0.2, 0.25) is 11.0 Å². The number of allylic oxidation sites excluding steroid dienone is 3. The number of ketones is 1. The van der Waals surface area contributed by atoms with Crippen molar-refractivity contribution in [2.24, 2.45) is 5.73 Å². The minimum atomic E-state index is -0.583. The van der Waals surface area contributed by atoms with E-state index in [1.54, 1.807) is 49.5 Å². The molecule has 2 heterocycles. The van der Waals surface area contributed by atoms with E-state index < -0.39 is 5.92 Å². The van der Waals surface area contributed by atoms with Crippen LogP contribution < -0.4 is 30.2 Å². The van der Waals surface area contributed by atoms with Crippen LogP contribution in [0.4, 0.5) is 10.8 Å². The van der Waals surface area contributed by atoms with Crippen molar-refractivity contribution in [1.29, 1.82) is 5.26 Å². The molecular formula is C29H28N6O5S2. The van der Waals surface area contributed by atoms with Crippen molar-refractivity contribution in [2.45, 2.75) is 29.5 Å². The van der Waals surface area contributed by atoms with E-state index in [2.05, 4.69) is 21.6 Å². The van der Waals surface area contributed by atoms with Crippen LogP contribution in [0.25, 0.3) is 0 Å². The van der Waals surface area contributed by atoms with Crippen LogP contribution in [0.5, 0.6) is 17.2 Å². The molecule has 0 spiro atoms. The van der Waals surface area contributed by atoms with E-state index in [-0.39, 0.29) is 28.8 Å². The second kappa shape index (κ2) is 12.5. The molecule has 42 heavy (non-hydrogen) atoms. The number of carbonyl (C=O) groups is 2. The highest BCUT2D eigenvalue weighted by Crippen LogP contribution is 2.47. The van der Waals surface area contributed by atoms with Crippen molar-refractivity contribution in [3.05, 3.63) is 70.7 Å². The molecule has 0 bridgehead atoms. The molecule has 1 atom stereocenters. The fraction of sp³-hybridized carbons (Fsp3) is 0.276. The van der Waals surface area contributed by atoms with Crippen molar-refractivity contribution < 1.29 is 23.8 Å². The van der Waals surface area contributed by atoms with Crippen molar-refractivity contribution in [2.75, 3.05) is 37.3 Å². The van der Waals surface area contributed by atoms with Crippen LogP contribution in [-0.4, -0.2) is 49.0 Å². The molecule has 11 nitrogen and oxygen atoms in total. The molecule has 3 aromatic rings. The first kappa shape index (κ1) is 29.0. The summed E-state index contributed by atoms with van der Waals surface area (Å²) in [7, 11) is 4.65. The second-order valence-corrected chi connectivity index (χ2v) is 11.5. The number of nitriles is 1. The van der Waals surface area contributed by atoms with Crippen LogP contribution in [0.2, 0.25) is 0 Å². The van der Waals surface area contributed by atoms with E-state index in [0.29, 0.717) is 57.2 Å². The van der Waals surface area contributed by atoms with Crippen LogP contribution in [0.15, 0.2) is 69.5 Å². The summed E-state index contributed by atoms with van der Waals surface area (Å²) in [5, 5.41) is 22.0. The maximum absolute atomic E-state index is 13.3. The SMILES string of the molecule is COc1ccc(C2C(C#N)=C(N)N(c3nnc(SCC(=O)Nc4ccc(OC)cc4OC)s3)C3=C2C(=O)CCC3)cc1. The number of thioether (sulfide) groups is 1. The number of hydrogen-bond donors (Lipinski definition) is 2. The summed E-state index contributed by atoms with van der Waals surface area (Å²) >= 11 is 2.45. The highest BCUT2D eigenvalue weighted by atomic mass is 32.2. The maximum Gasteiger partial charge on any atom is 0.234 e. The average Bonchev–Trinajstić information content (AvgIpc) is 3.48. The third kappa shape index (κ3) is 5.63. The van der Waals surface area contributed by atoms with Gasteiger partial charge in [0.1, 0.15) is 23.1 Å². The molecule has 0 saturated heterocycles. The number of anilines is 2. The number of Topliss-reactive ketones (excluding diaryl/α,β-unsaturated/α-hetero) is 1. The molecule has 2 aromatic carbocycles. The molecule has 3 N–H and O–H groups in total. The number of amides is 1. The molecule has 1 amide bonds. The molecule has 13 heteroatoms. The van der Waals surface area contributed by atoms with E-state index in [4.69, 9.17) is 19.9 Å². The van der Waals surface area contributed by atoms with Gasteiger partial charge in [0, 0.05) is 23.8 Å². The number of benzene rings is 2. The zero-order chi connectivity index (χ0) is 29.8.